The van der Waals surface area contributed by atoms with Crippen molar-refractivity contribution in [2.75, 3.05) is 52.0 Å². The van der Waals surface area contributed by atoms with Gasteiger partial charge in [0, 0.05) is 31.3 Å². The summed E-state index contributed by atoms with van der Waals surface area (Å²) in [5, 5.41) is 0. The molecular weight excluding hydrogens is 639 g/mol. The van der Waals surface area contributed by atoms with E-state index < -0.39 is 0 Å². The monoisotopic (exact) mass is 722 g/mol. The van der Waals surface area contributed by atoms with Crippen molar-refractivity contribution >= 4 is 21.6 Å². The van der Waals surface area contributed by atoms with E-state index in [0.29, 0.717) is 0 Å². The molecule has 49 heavy (non-hydrogen) atoms. The Balaban J connectivity index is 3.93. The highest BCUT2D eigenvalue weighted by Gasteiger charge is 2.11. The topological polar surface area (TPSA) is 21.7 Å². The van der Waals surface area contributed by atoms with Gasteiger partial charge in [0.05, 0.1) is 12.7 Å². The van der Waals surface area contributed by atoms with Crippen LogP contribution in [0.15, 0.2) is 48.6 Å². The van der Waals surface area contributed by atoms with Gasteiger partial charge in [-0.3, -0.25) is 0 Å². The highest BCUT2D eigenvalue weighted by Crippen LogP contribution is 2.23. The van der Waals surface area contributed by atoms with E-state index in [2.05, 4.69) is 88.4 Å². The molecule has 3 nitrogen and oxygen atoms in total. The first kappa shape index (κ1) is 48.5. The van der Waals surface area contributed by atoms with Crippen molar-refractivity contribution in [3.63, 3.8) is 0 Å². The first-order chi connectivity index (χ1) is 24.1. The first-order valence-electron chi connectivity index (χ1n) is 20.8. The second kappa shape index (κ2) is 42.0. The third kappa shape index (κ3) is 41.8. The van der Waals surface area contributed by atoms with Crippen LogP contribution in [0.25, 0.3) is 0 Å². The maximum Gasteiger partial charge on any atom is 0.0906 e. The number of nitrogens with zero attached hydrogens (tertiary/aromatic N) is 1. The van der Waals surface area contributed by atoms with Gasteiger partial charge in [0.1, 0.15) is 0 Å². The summed E-state index contributed by atoms with van der Waals surface area (Å²) in [6.07, 6.45) is 48.4. The Kier molecular flexibility index (Phi) is 41.6. The van der Waals surface area contributed by atoms with Crippen LogP contribution in [0.5, 0.6) is 0 Å². The molecule has 5 heteroatoms. The number of rotatable bonds is 39. The second-order valence-corrected chi connectivity index (χ2v) is 16.9. The molecule has 0 rings (SSSR count). The van der Waals surface area contributed by atoms with E-state index in [-0.39, 0.29) is 6.10 Å². The van der Waals surface area contributed by atoms with Crippen molar-refractivity contribution in [1.29, 1.82) is 0 Å². The minimum atomic E-state index is 0.208. The predicted molar refractivity (Wildman–Crippen MR) is 227 cm³/mol. The molecule has 0 bridgehead atoms. The summed E-state index contributed by atoms with van der Waals surface area (Å²) >= 11 is 0. The van der Waals surface area contributed by atoms with Crippen LogP contribution in [-0.2, 0) is 9.47 Å². The van der Waals surface area contributed by atoms with Crippen LogP contribution >= 0.6 is 21.6 Å². The minimum absolute atomic E-state index is 0.208. The van der Waals surface area contributed by atoms with Crippen molar-refractivity contribution in [1.82, 2.24) is 4.90 Å². The predicted octanol–water partition coefficient (Wildman–Crippen LogP) is 14.2. The molecule has 0 heterocycles. The Hall–Kier alpha value is -0.460. The Bertz CT molecular complexity index is 751. The van der Waals surface area contributed by atoms with Crippen LogP contribution in [0.4, 0.5) is 0 Å². The molecule has 0 amide bonds. The molecule has 2 atom stereocenters. The van der Waals surface area contributed by atoms with Crippen molar-refractivity contribution in [2.24, 2.45) is 5.92 Å². The van der Waals surface area contributed by atoms with Crippen LogP contribution < -0.4 is 0 Å². The van der Waals surface area contributed by atoms with Gasteiger partial charge in [-0.15, -0.1) is 0 Å². The summed E-state index contributed by atoms with van der Waals surface area (Å²) < 4.78 is 12.5. The van der Waals surface area contributed by atoms with Gasteiger partial charge in [-0.1, -0.05) is 162 Å². The molecule has 0 aromatic heterocycles. The summed E-state index contributed by atoms with van der Waals surface area (Å²) in [5.74, 6) is 2.98. The average Bonchev–Trinajstić information content (AvgIpc) is 3.09. The third-order valence-electron chi connectivity index (χ3n) is 8.85. The molecular formula is C44H83NO2S2. The van der Waals surface area contributed by atoms with E-state index in [1.807, 2.05) is 21.6 Å². The fourth-order valence-corrected chi connectivity index (χ4v) is 7.84. The normalized spacial score (nSPS) is 13.8. The maximum absolute atomic E-state index is 6.34. The summed E-state index contributed by atoms with van der Waals surface area (Å²) in [6, 6.07) is 0. The van der Waals surface area contributed by atoms with Crippen molar-refractivity contribution < 1.29 is 9.47 Å². The number of ether oxygens (including phenoxy) is 2. The van der Waals surface area contributed by atoms with Gasteiger partial charge in [0.2, 0.25) is 0 Å². The van der Waals surface area contributed by atoms with Gasteiger partial charge in [-0.2, -0.15) is 0 Å². The molecule has 0 aromatic rings. The Labute approximate surface area is 315 Å². The molecule has 0 aromatic carbocycles. The summed E-state index contributed by atoms with van der Waals surface area (Å²) in [6.45, 7) is 10.6. The van der Waals surface area contributed by atoms with E-state index in [4.69, 9.17) is 9.47 Å². The number of allylic oxidation sites excluding steroid dienone is 8. The quantitative estimate of drug-likeness (QED) is 0.0357. The molecule has 0 fully saturated rings. The number of hydrogen-bond donors (Lipinski definition) is 0. The fourth-order valence-electron chi connectivity index (χ4n) is 5.52. The van der Waals surface area contributed by atoms with Crippen LogP contribution in [0.1, 0.15) is 168 Å². The molecule has 0 aliphatic rings. The van der Waals surface area contributed by atoms with Gasteiger partial charge in [-0.05, 0) is 97.1 Å². The molecule has 0 spiro atoms. The lowest BCUT2D eigenvalue weighted by atomic mass is 9.98. The lowest BCUT2D eigenvalue weighted by Gasteiger charge is -2.18. The summed E-state index contributed by atoms with van der Waals surface area (Å²) in [5.41, 5.74) is 0. The highest BCUT2D eigenvalue weighted by atomic mass is 33.1. The number of unbranched alkanes of at least 4 members (excludes halogenated alkanes) is 14. The smallest absolute Gasteiger partial charge is 0.0906 e. The Morgan fingerprint density at radius 1 is 0.551 bits per heavy atom. The summed E-state index contributed by atoms with van der Waals surface area (Å²) in [7, 11) is 8.21. The van der Waals surface area contributed by atoms with Gasteiger partial charge in [0.25, 0.3) is 0 Å². The fraction of sp³-hybridized carbons (Fsp3) is 0.818. The molecule has 0 radical (unpaired) electrons. The standard InChI is InChI=1S/C44H83NO2S2/c1-6-8-10-12-14-16-18-19-20-21-22-23-25-27-29-34-39-47-44(42-49-48-40-37-45(4)5)41-46-38-33-30-32-36-43(3)35-31-28-26-24-17-15-13-11-9-7-2/h14-17,19-20,26,28,43-44H,6-13,18,21-25,27,29-42H2,1-5H3/b16-14-,17-15-,20-19-,28-26-. The SMILES string of the molecule is CCCCC/C=C\C/C=C\CCCCCCCCOC(COCCCCCC(C)CC/C=C\C/C=C\CCCCC)CSSCCN(C)C. The van der Waals surface area contributed by atoms with Crippen molar-refractivity contribution in [3.05, 3.63) is 48.6 Å². The third-order valence-corrected chi connectivity index (χ3v) is 11.3. The first-order valence-corrected chi connectivity index (χ1v) is 23.3. The number of hydrogen-bond acceptors (Lipinski definition) is 5. The van der Waals surface area contributed by atoms with Crippen molar-refractivity contribution in [2.45, 2.75) is 175 Å². The molecule has 0 saturated heterocycles. The largest absolute Gasteiger partial charge is 0.379 e. The minimum Gasteiger partial charge on any atom is -0.379 e. The van der Waals surface area contributed by atoms with Gasteiger partial charge < -0.3 is 14.4 Å². The van der Waals surface area contributed by atoms with E-state index in [1.165, 1.54) is 135 Å². The van der Waals surface area contributed by atoms with Gasteiger partial charge >= 0.3 is 0 Å². The average molecular weight is 722 g/mol. The molecule has 0 aliphatic carbocycles. The van der Waals surface area contributed by atoms with Crippen LogP contribution in [-0.4, -0.2) is 63.0 Å². The Morgan fingerprint density at radius 2 is 1.08 bits per heavy atom. The molecule has 0 saturated carbocycles. The van der Waals surface area contributed by atoms with Crippen LogP contribution in [0.3, 0.4) is 0 Å². The molecule has 288 valence electrons. The Morgan fingerprint density at radius 3 is 1.69 bits per heavy atom. The van der Waals surface area contributed by atoms with E-state index in [1.54, 1.807) is 0 Å². The second-order valence-electron chi connectivity index (χ2n) is 14.3. The van der Waals surface area contributed by atoms with Gasteiger partial charge in [0.15, 0.2) is 0 Å². The van der Waals surface area contributed by atoms with E-state index >= 15 is 0 Å². The van der Waals surface area contributed by atoms with Gasteiger partial charge in [-0.25, -0.2) is 0 Å². The van der Waals surface area contributed by atoms with E-state index in [9.17, 15) is 0 Å². The molecule has 2 unspecified atom stereocenters. The molecule has 0 N–H and O–H groups in total. The zero-order valence-corrected chi connectivity index (χ0v) is 35.0. The van der Waals surface area contributed by atoms with Crippen LogP contribution in [0.2, 0.25) is 0 Å². The lowest BCUT2D eigenvalue weighted by Crippen LogP contribution is -2.23. The zero-order valence-electron chi connectivity index (χ0n) is 33.4. The molecule has 0 aliphatic heterocycles. The van der Waals surface area contributed by atoms with Crippen LogP contribution in [0, 0.1) is 5.92 Å². The highest BCUT2D eigenvalue weighted by molar-refractivity contribution is 8.76. The zero-order chi connectivity index (χ0) is 35.7. The summed E-state index contributed by atoms with van der Waals surface area (Å²) in [4.78, 5) is 2.25. The maximum atomic E-state index is 6.34. The van der Waals surface area contributed by atoms with Crippen molar-refractivity contribution in [3.8, 4) is 0 Å². The van der Waals surface area contributed by atoms with E-state index in [0.717, 1.165) is 56.6 Å². The lowest BCUT2D eigenvalue weighted by molar-refractivity contribution is -0.00612.